The Labute approximate surface area is 217 Å². The van der Waals surface area contributed by atoms with Gasteiger partial charge in [-0.1, -0.05) is 45.0 Å². The van der Waals surface area contributed by atoms with Gasteiger partial charge in [-0.3, -0.25) is 9.69 Å². The molecule has 2 aromatic heterocycles. The number of ether oxygens (including phenoxy) is 2. The number of imidazole rings is 1. The van der Waals surface area contributed by atoms with Crippen molar-refractivity contribution in [1.29, 1.82) is 0 Å². The van der Waals surface area contributed by atoms with Gasteiger partial charge in [0.1, 0.15) is 29.5 Å². The number of rotatable bonds is 7. The maximum atomic E-state index is 13.1. The molecular formula is C29H33N5O3. The normalized spacial score (nSPS) is 14.6. The van der Waals surface area contributed by atoms with Crippen LogP contribution in [0, 0.1) is 0 Å². The molecule has 0 radical (unpaired) electrons. The van der Waals surface area contributed by atoms with Gasteiger partial charge < -0.3 is 19.8 Å². The number of hydrogen-bond donors (Lipinski definition) is 2. The third kappa shape index (κ3) is 5.65. The quantitative estimate of drug-likeness (QED) is 0.376. The number of benzene rings is 2. The first-order chi connectivity index (χ1) is 17.9. The summed E-state index contributed by atoms with van der Waals surface area (Å²) in [7, 11) is 0. The Morgan fingerprint density at radius 3 is 2.65 bits per heavy atom. The Kier molecular flexibility index (Phi) is 7.21. The lowest BCUT2D eigenvalue weighted by atomic mass is 9.85. The molecule has 0 atom stereocenters. The first-order valence-electron chi connectivity index (χ1n) is 12.7. The van der Waals surface area contributed by atoms with Crippen molar-refractivity contribution < 1.29 is 14.3 Å². The average molecular weight is 500 g/mol. The van der Waals surface area contributed by atoms with Gasteiger partial charge in [0.05, 0.1) is 29.9 Å². The zero-order chi connectivity index (χ0) is 25.8. The van der Waals surface area contributed by atoms with Gasteiger partial charge in [0.15, 0.2) is 0 Å². The number of hydrogen-bond acceptors (Lipinski definition) is 6. The predicted octanol–water partition coefficient (Wildman–Crippen LogP) is 4.89. The molecule has 8 nitrogen and oxygen atoms in total. The lowest BCUT2D eigenvalue weighted by Gasteiger charge is -2.28. The highest BCUT2D eigenvalue weighted by molar-refractivity contribution is 6.11. The number of anilines is 1. The summed E-state index contributed by atoms with van der Waals surface area (Å²) in [6, 6.07) is 17.1. The van der Waals surface area contributed by atoms with Gasteiger partial charge in [-0.25, -0.2) is 9.97 Å². The Morgan fingerprint density at radius 2 is 1.89 bits per heavy atom. The monoisotopic (exact) mass is 499 g/mol. The number of fused-ring (bicyclic) bond motifs is 1. The maximum Gasteiger partial charge on any atom is 0.259 e. The van der Waals surface area contributed by atoms with Crippen molar-refractivity contribution in [1.82, 2.24) is 19.9 Å². The van der Waals surface area contributed by atoms with Crippen LogP contribution >= 0.6 is 0 Å². The smallest absolute Gasteiger partial charge is 0.259 e. The largest absolute Gasteiger partial charge is 0.491 e. The molecule has 5 rings (SSSR count). The summed E-state index contributed by atoms with van der Waals surface area (Å²) in [6.07, 6.45) is 1.64. The van der Waals surface area contributed by atoms with Gasteiger partial charge in [0.2, 0.25) is 0 Å². The zero-order valence-electron chi connectivity index (χ0n) is 21.6. The number of aromatic amines is 1. The van der Waals surface area contributed by atoms with Crippen LogP contribution in [0.3, 0.4) is 0 Å². The summed E-state index contributed by atoms with van der Waals surface area (Å²) in [5, 5.41) is 2.86. The Hall–Kier alpha value is -3.75. The molecule has 1 aliphatic heterocycles. The second-order valence-electron chi connectivity index (χ2n) is 10.2. The number of pyridine rings is 1. The lowest BCUT2D eigenvalue weighted by molar-refractivity contribution is 0.0322. The Balaban J connectivity index is 1.47. The summed E-state index contributed by atoms with van der Waals surface area (Å²) in [6.45, 7) is 11.3. The molecule has 2 aromatic carbocycles. The number of nitrogens with zero attached hydrogens (tertiary/aromatic N) is 3. The van der Waals surface area contributed by atoms with E-state index in [-0.39, 0.29) is 11.3 Å². The van der Waals surface area contributed by atoms with Gasteiger partial charge in [-0.15, -0.1) is 0 Å². The predicted molar refractivity (Wildman–Crippen MR) is 145 cm³/mol. The molecule has 1 amide bonds. The second-order valence-corrected chi connectivity index (χ2v) is 10.2. The first-order valence-corrected chi connectivity index (χ1v) is 12.7. The molecule has 0 aliphatic carbocycles. The molecule has 8 heteroatoms. The molecule has 1 aliphatic rings. The van der Waals surface area contributed by atoms with Crippen LogP contribution in [0.15, 0.2) is 60.8 Å². The number of amides is 1. The fourth-order valence-corrected chi connectivity index (χ4v) is 4.53. The molecule has 4 aromatic rings. The number of aromatic nitrogens is 3. The summed E-state index contributed by atoms with van der Waals surface area (Å²) in [5.74, 6) is 1.73. The number of nitrogens with one attached hydrogen (secondary N) is 2. The van der Waals surface area contributed by atoms with E-state index in [1.54, 1.807) is 18.3 Å². The first kappa shape index (κ1) is 24.9. The molecule has 1 fully saturated rings. The standard InChI is InChI=1S/C29H33N5O3/c1-29(2,3)22-10-6-9-21(26(22)37-19-16-34-14-17-36-18-15-34)27-31-23-11-7-8-20(25(23)33-27)28(35)32-24-12-4-5-13-30-24/h4-13H,14-19H2,1-3H3,(H,31,33)(H,30,32,35). The van der Waals surface area contributed by atoms with Crippen molar-refractivity contribution in [2.75, 3.05) is 44.8 Å². The minimum atomic E-state index is -0.257. The van der Waals surface area contributed by atoms with Crippen molar-refractivity contribution in [3.05, 3.63) is 71.9 Å². The van der Waals surface area contributed by atoms with Crippen LogP contribution in [-0.4, -0.2) is 65.2 Å². The van der Waals surface area contributed by atoms with Crippen LogP contribution in [0.4, 0.5) is 5.82 Å². The Morgan fingerprint density at radius 1 is 1.08 bits per heavy atom. The summed E-state index contributed by atoms with van der Waals surface area (Å²) in [5.41, 5.74) is 3.73. The summed E-state index contributed by atoms with van der Waals surface area (Å²) < 4.78 is 11.9. The van der Waals surface area contributed by atoms with Gasteiger partial charge in [-0.2, -0.15) is 0 Å². The van der Waals surface area contributed by atoms with E-state index in [2.05, 4.69) is 47.0 Å². The van der Waals surface area contributed by atoms with E-state index in [0.29, 0.717) is 29.3 Å². The summed E-state index contributed by atoms with van der Waals surface area (Å²) in [4.78, 5) is 27.9. The molecule has 0 saturated carbocycles. The fraction of sp³-hybridized carbons (Fsp3) is 0.345. The van der Waals surface area contributed by atoms with E-state index in [4.69, 9.17) is 14.5 Å². The van der Waals surface area contributed by atoms with Crippen molar-refractivity contribution >= 4 is 22.8 Å². The third-order valence-corrected chi connectivity index (χ3v) is 6.50. The molecule has 192 valence electrons. The molecule has 0 unspecified atom stereocenters. The van der Waals surface area contributed by atoms with Gasteiger partial charge >= 0.3 is 0 Å². The van der Waals surface area contributed by atoms with Crippen LogP contribution in [0.5, 0.6) is 5.75 Å². The van der Waals surface area contributed by atoms with E-state index in [9.17, 15) is 4.79 Å². The number of carbonyl (C=O) groups is 1. The zero-order valence-corrected chi connectivity index (χ0v) is 21.6. The van der Waals surface area contributed by atoms with Crippen molar-refractivity contribution in [2.45, 2.75) is 26.2 Å². The number of H-pyrrole nitrogens is 1. The highest BCUT2D eigenvalue weighted by atomic mass is 16.5. The SMILES string of the molecule is CC(C)(C)c1cccc(-c2nc3c(C(=O)Nc4ccccn4)cccc3[nH]2)c1OCCN1CCOCC1. The van der Waals surface area contributed by atoms with Crippen LogP contribution in [0.1, 0.15) is 36.7 Å². The fourth-order valence-electron chi connectivity index (χ4n) is 4.53. The van der Waals surface area contributed by atoms with Gasteiger partial charge in [-0.05, 0) is 35.7 Å². The molecule has 37 heavy (non-hydrogen) atoms. The molecule has 2 N–H and O–H groups in total. The molecule has 0 spiro atoms. The highest BCUT2D eigenvalue weighted by Crippen LogP contribution is 2.39. The maximum absolute atomic E-state index is 13.1. The molecule has 1 saturated heterocycles. The van der Waals surface area contributed by atoms with Crippen molar-refractivity contribution in [3.63, 3.8) is 0 Å². The second kappa shape index (κ2) is 10.7. The van der Waals surface area contributed by atoms with E-state index in [1.807, 2.05) is 36.4 Å². The van der Waals surface area contributed by atoms with Crippen molar-refractivity contribution in [2.24, 2.45) is 0 Å². The summed E-state index contributed by atoms with van der Waals surface area (Å²) >= 11 is 0. The van der Waals surface area contributed by atoms with E-state index >= 15 is 0 Å². The third-order valence-electron chi connectivity index (χ3n) is 6.50. The van der Waals surface area contributed by atoms with E-state index in [0.717, 1.165) is 55.2 Å². The number of carbonyl (C=O) groups excluding carboxylic acids is 1. The van der Waals surface area contributed by atoms with Crippen LogP contribution in [0.25, 0.3) is 22.4 Å². The topological polar surface area (TPSA) is 92.4 Å². The highest BCUT2D eigenvalue weighted by Gasteiger charge is 2.24. The Bertz CT molecular complexity index is 1370. The minimum Gasteiger partial charge on any atom is -0.491 e. The van der Waals surface area contributed by atoms with Crippen molar-refractivity contribution in [3.8, 4) is 17.1 Å². The van der Waals surface area contributed by atoms with E-state index < -0.39 is 0 Å². The van der Waals surface area contributed by atoms with Crippen LogP contribution in [0.2, 0.25) is 0 Å². The number of para-hydroxylation sites is 2. The average Bonchev–Trinajstić information content (AvgIpc) is 3.33. The van der Waals surface area contributed by atoms with Crippen LogP contribution < -0.4 is 10.1 Å². The van der Waals surface area contributed by atoms with Gasteiger partial charge in [0, 0.05) is 31.4 Å². The minimum absolute atomic E-state index is 0.121. The molecule has 0 bridgehead atoms. The van der Waals surface area contributed by atoms with E-state index in [1.165, 1.54) is 0 Å². The van der Waals surface area contributed by atoms with Crippen LogP contribution in [-0.2, 0) is 10.2 Å². The number of morpholine rings is 1. The molecular weight excluding hydrogens is 466 g/mol. The molecule has 3 heterocycles. The van der Waals surface area contributed by atoms with Gasteiger partial charge in [0.25, 0.3) is 5.91 Å². The lowest BCUT2D eigenvalue weighted by Crippen LogP contribution is -2.38.